The van der Waals surface area contributed by atoms with Gasteiger partial charge >= 0.3 is 0 Å². The van der Waals surface area contributed by atoms with Crippen molar-refractivity contribution < 1.29 is 9.32 Å². The number of hydrogen-bond donors (Lipinski definition) is 1. The molecule has 2 aromatic rings. The standard InChI is InChI=1S/C20H26N4O2.ClH/c1-20(2,3)19-22-17(26-23-19)15-6-4-5-7-16(15)18(25)24-11-10-13-8-9-14(12-24)21-13;/h4-7,13-14,21H,8-12H2,1-3H3;1H. The van der Waals surface area contributed by atoms with Crippen LogP contribution in [-0.2, 0) is 5.41 Å². The highest BCUT2D eigenvalue weighted by Gasteiger charge is 2.32. The molecule has 1 aromatic heterocycles. The van der Waals surface area contributed by atoms with Crippen molar-refractivity contribution in [2.75, 3.05) is 13.1 Å². The molecule has 27 heavy (non-hydrogen) atoms. The highest BCUT2D eigenvalue weighted by molar-refractivity contribution is 6.00. The number of fused-ring (bicyclic) bond motifs is 2. The Morgan fingerprint density at radius 1 is 1.19 bits per heavy atom. The zero-order valence-corrected chi connectivity index (χ0v) is 16.9. The summed E-state index contributed by atoms with van der Waals surface area (Å²) >= 11 is 0. The summed E-state index contributed by atoms with van der Waals surface area (Å²) in [6.45, 7) is 7.67. The van der Waals surface area contributed by atoms with Crippen molar-refractivity contribution >= 4 is 18.3 Å². The van der Waals surface area contributed by atoms with E-state index in [0.717, 1.165) is 25.9 Å². The zero-order chi connectivity index (χ0) is 18.3. The molecule has 0 aliphatic carbocycles. The topological polar surface area (TPSA) is 71.3 Å². The number of carbonyl (C=O) groups excluding carboxylic acids is 1. The predicted octanol–water partition coefficient (Wildman–Crippen LogP) is 3.42. The second-order valence-electron chi connectivity index (χ2n) is 8.40. The molecule has 2 aliphatic heterocycles. The summed E-state index contributed by atoms with van der Waals surface area (Å²) < 4.78 is 5.49. The summed E-state index contributed by atoms with van der Waals surface area (Å²) in [6, 6.07) is 8.50. The van der Waals surface area contributed by atoms with E-state index in [4.69, 9.17) is 4.52 Å². The average molecular weight is 391 g/mol. The van der Waals surface area contributed by atoms with Gasteiger partial charge in [-0.2, -0.15) is 4.98 Å². The number of rotatable bonds is 2. The van der Waals surface area contributed by atoms with Crippen LogP contribution in [-0.4, -0.2) is 46.1 Å². The maximum Gasteiger partial charge on any atom is 0.258 e. The molecule has 6 nitrogen and oxygen atoms in total. The Balaban J connectivity index is 0.00000210. The van der Waals surface area contributed by atoms with E-state index < -0.39 is 0 Å². The van der Waals surface area contributed by atoms with E-state index in [9.17, 15) is 4.79 Å². The zero-order valence-electron chi connectivity index (χ0n) is 16.1. The molecule has 1 N–H and O–H groups in total. The second kappa shape index (κ2) is 7.60. The van der Waals surface area contributed by atoms with Crippen molar-refractivity contribution in [2.45, 2.75) is 57.5 Å². The Kier molecular flexibility index (Phi) is 5.58. The molecule has 0 saturated carbocycles. The first kappa shape index (κ1) is 19.8. The first-order chi connectivity index (χ1) is 12.4. The van der Waals surface area contributed by atoms with Crippen molar-refractivity contribution in [1.29, 1.82) is 0 Å². The second-order valence-corrected chi connectivity index (χ2v) is 8.40. The molecule has 7 heteroatoms. The summed E-state index contributed by atoms with van der Waals surface area (Å²) in [5, 5.41) is 7.72. The molecule has 1 aromatic carbocycles. The van der Waals surface area contributed by atoms with Gasteiger partial charge in [0.25, 0.3) is 11.8 Å². The number of nitrogens with zero attached hydrogens (tertiary/aromatic N) is 3. The van der Waals surface area contributed by atoms with Crippen molar-refractivity contribution in [3.8, 4) is 11.5 Å². The number of amides is 1. The summed E-state index contributed by atoms with van der Waals surface area (Å²) in [5.74, 6) is 1.10. The molecule has 2 saturated heterocycles. The smallest absolute Gasteiger partial charge is 0.258 e. The Bertz CT molecular complexity index is 814. The van der Waals surface area contributed by atoms with Crippen molar-refractivity contribution in [3.63, 3.8) is 0 Å². The minimum absolute atomic E-state index is 0. The molecular weight excluding hydrogens is 364 g/mol. The van der Waals surface area contributed by atoms with Gasteiger partial charge in [-0.05, 0) is 31.4 Å². The number of hydrogen-bond acceptors (Lipinski definition) is 5. The first-order valence-corrected chi connectivity index (χ1v) is 9.41. The lowest BCUT2D eigenvalue weighted by molar-refractivity contribution is 0.0748. The van der Waals surface area contributed by atoms with Crippen LogP contribution in [0.5, 0.6) is 0 Å². The predicted molar refractivity (Wildman–Crippen MR) is 106 cm³/mol. The molecule has 4 rings (SSSR count). The van der Waals surface area contributed by atoms with Gasteiger partial charge in [0.2, 0.25) is 0 Å². The monoisotopic (exact) mass is 390 g/mol. The van der Waals surface area contributed by atoms with Gasteiger partial charge in [0, 0.05) is 30.6 Å². The van der Waals surface area contributed by atoms with E-state index in [1.807, 2.05) is 49.9 Å². The normalized spacial score (nSPS) is 22.3. The number of likely N-dealkylation sites (tertiary alicyclic amines) is 1. The fourth-order valence-corrected chi connectivity index (χ4v) is 3.79. The minimum Gasteiger partial charge on any atom is -0.337 e. The number of carbonyl (C=O) groups is 1. The number of nitrogens with one attached hydrogen (secondary N) is 1. The fourth-order valence-electron chi connectivity index (χ4n) is 3.79. The third kappa shape index (κ3) is 4.01. The van der Waals surface area contributed by atoms with Crippen LogP contribution in [0.15, 0.2) is 28.8 Å². The number of aromatic nitrogens is 2. The third-order valence-corrected chi connectivity index (χ3v) is 5.30. The Morgan fingerprint density at radius 2 is 1.93 bits per heavy atom. The van der Waals surface area contributed by atoms with Crippen LogP contribution in [0, 0.1) is 0 Å². The Labute approximate surface area is 166 Å². The molecule has 0 radical (unpaired) electrons. The van der Waals surface area contributed by atoms with Crippen LogP contribution >= 0.6 is 12.4 Å². The van der Waals surface area contributed by atoms with Crippen LogP contribution in [0.2, 0.25) is 0 Å². The molecule has 2 aliphatic rings. The van der Waals surface area contributed by atoms with E-state index in [1.54, 1.807) is 0 Å². The SMILES string of the molecule is CC(C)(C)c1noc(-c2ccccc2C(=O)N2CCC3CCC(C2)N3)n1.Cl. The summed E-state index contributed by atoms with van der Waals surface area (Å²) in [5.41, 5.74) is 1.15. The molecule has 1 amide bonds. The van der Waals surface area contributed by atoms with Crippen molar-refractivity contribution in [1.82, 2.24) is 20.4 Å². The fraction of sp³-hybridized carbons (Fsp3) is 0.550. The lowest BCUT2D eigenvalue weighted by Crippen LogP contribution is -2.39. The average Bonchev–Trinajstić information content (AvgIpc) is 3.21. The lowest BCUT2D eigenvalue weighted by Gasteiger charge is -2.25. The van der Waals surface area contributed by atoms with E-state index in [0.29, 0.717) is 34.9 Å². The molecular formula is C20H27ClN4O2. The molecule has 2 fully saturated rings. The van der Waals surface area contributed by atoms with E-state index in [2.05, 4.69) is 15.5 Å². The van der Waals surface area contributed by atoms with Crippen LogP contribution in [0.4, 0.5) is 0 Å². The van der Waals surface area contributed by atoms with Gasteiger partial charge < -0.3 is 14.7 Å². The lowest BCUT2D eigenvalue weighted by atomic mass is 9.96. The highest BCUT2D eigenvalue weighted by Crippen LogP contribution is 2.28. The van der Waals surface area contributed by atoms with E-state index >= 15 is 0 Å². The Morgan fingerprint density at radius 3 is 2.67 bits per heavy atom. The molecule has 146 valence electrons. The molecule has 2 bridgehead atoms. The largest absolute Gasteiger partial charge is 0.337 e. The quantitative estimate of drug-likeness (QED) is 0.850. The van der Waals surface area contributed by atoms with Crippen LogP contribution in [0.1, 0.15) is 56.2 Å². The molecule has 0 spiro atoms. The minimum atomic E-state index is -0.198. The van der Waals surface area contributed by atoms with Crippen LogP contribution in [0.25, 0.3) is 11.5 Å². The van der Waals surface area contributed by atoms with Gasteiger partial charge in [0.05, 0.1) is 11.1 Å². The summed E-state index contributed by atoms with van der Waals surface area (Å²) in [4.78, 5) is 19.7. The van der Waals surface area contributed by atoms with Gasteiger partial charge in [-0.1, -0.05) is 38.1 Å². The van der Waals surface area contributed by atoms with E-state index in [1.165, 1.54) is 6.42 Å². The maximum atomic E-state index is 13.2. The number of halogens is 1. The van der Waals surface area contributed by atoms with Gasteiger partial charge in [-0.15, -0.1) is 12.4 Å². The Hall–Kier alpha value is -1.92. The summed E-state index contributed by atoms with van der Waals surface area (Å²) in [6.07, 6.45) is 3.38. The molecule has 3 heterocycles. The van der Waals surface area contributed by atoms with Gasteiger partial charge in [-0.25, -0.2) is 0 Å². The van der Waals surface area contributed by atoms with Crippen molar-refractivity contribution in [3.05, 3.63) is 35.7 Å². The van der Waals surface area contributed by atoms with Crippen LogP contribution < -0.4 is 5.32 Å². The van der Waals surface area contributed by atoms with E-state index in [-0.39, 0.29) is 23.7 Å². The first-order valence-electron chi connectivity index (χ1n) is 9.41. The maximum absolute atomic E-state index is 13.2. The molecule has 2 atom stereocenters. The number of benzene rings is 1. The third-order valence-electron chi connectivity index (χ3n) is 5.30. The van der Waals surface area contributed by atoms with Crippen LogP contribution in [0.3, 0.4) is 0 Å². The van der Waals surface area contributed by atoms with Gasteiger partial charge in [0.15, 0.2) is 5.82 Å². The van der Waals surface area contributed by atoms with Crippen molar-refractivity contribution in [2.24, 2.45) is 0 Å². The highest BCUT2D eigenvalue weighted by atomic mass is 35.5. The van der Waals surface area contributed by atoms with Gasteiger partial charge in [-0.3, -0.25) is 4.79 Å². The summed E-state index contributed by atoms with van der Waals surface area (Å²) in [7, 11) is 0. The van der Waals surface area contributed by atoms with Gasteiger partial charge in [0.1, 0.15) is 0 Å². The molecule has 2 unspecified atom stereocenters.